The van der Waals surface area contributed by atoms with Gasteiger partial charge in [0.25, 0.3) is 5.91 Å². The Hall–Kier alpha value is -2.87. The standard InChI is InChI=1S/C22H27N5O2S/c1-4-9-26-21(29)20-17(8-10-30-20)27-18(24-25-22(26)27)6-5-7-19(28)23-16-12-14(2)11-15(3)13-16/h8,10-13,22,25H,4-7,9H2,1-3H3,(H,23,28). The van der Waals surface area contributed by atoms with Gasteiger partial charge in [-0.05, 0) is 61.4 Å². The van der Waals surface area contributed by atoms with Gasteiger partial charge in [-0.1, -0.05) is 13.0 Å². The number of nitrogens with zero attached hydrogens (tertiary/aromatic N) is 3. The summed E-state index contributed by atoms with van der Waals surface area (Å²) in [4.78, 5) is 29.9. The molecule has 2 amide bonds. The second-order valence-electron chi connectivity index (χ2n) is 7.81. The normalized spacial score (nSPS) is 17.4. The van der Waals surface area contributed by atoms with Crippen LogP contribution in [0.1, 0.15) is 53.4 Å². The lowest BCUT2D eigenvalue weighted by molar-refractivity contribution is -0.116. The Morgan fingerprint density at radius 1 is 1.27 bits per heavy atom. The lowest BCUT2D eigenvalue weighted by atomic mass is 10.1. The number of anilines is 2. The van der Waals surface area contributed by atoms with Gasteiger partial charge in [-0.2, -0.15) is 5.10 Å². The van der Waals surface area contributed by atoms with Crippen LogP contribution in [-0.2, 0) is 4.79 Å². The van der Waals surface area contributed by atoms with Gasteiger partial charge in [0.2, 0.25) is 12.2 Å². The zero-order chi connectivity index (χ0) is 21.3. The van der Waals surface area contributed by atoms with Crippen LogP contribution in [0.5, 0.6) is 0 Å². The van der Waals surface area contributed by atoms with Gasteiger partial charge in [-0.15, -0.1) is 11.3 Å². The summed E-state index contributed by atoms with van der Waals surface area (Å²) < 4.78 is 0. The first-order valence-corrected chi connectivity index (χ1v) is 11.2. The van der Waals surface area contributed by atoms with E-state index in [9.17, 15) is 9.59 Å². The first kappa shape index (κ1) is 20.4. The molecule has 0 radical (unpaired) electrons. The molecule has 1 atom stereocenters. The number of carbonyl (C=O) groups excluding carboxylic acids is 2. The van der Waals surface area contributed by atoms with E-state index in [0.717, 1.165) is 39.6 Å². The molecule has 1 aromatic heterocycles. The number of hydrazone groups is 1. The van der Waals surface area contributed by atoms with E-state index in [2.05, 4.69) is 33.7 Å². The molecule has 7 nitrogen and oxygen atoms in total. The number of amides is 2. The lowest BCUT2D eigenvalue weighted by Crippen LogP contribution is -2.58. The summed E-state index contributed by atoms with van der Waals surface area (Å²) in [6.07, 6.45) is 2.36. The summed E-state index contributed by atoms with van der Waals surface area (Å²) in [6.45, 7) is 6.78. The molecule has 30 heavy (non-hydrogen) atoms. The van der Waals surface area contributed by atoms with E-state index in [1.54, 1.807) is 0 Å². The first-order valence-electron chi connectivity index (χ1n) is 10.4. The highest BCUT2D eigenvalue weighted by Gasteiger charge is 2.42. The minimum atomic E-state index is -0.279. The number of rotatable bonds is 7. The highest BCUT2D eigenvalue weighted by atomic mass is 32.1. The van der Waals surface area contributed by atoms with Crippen molar-refractivity contribution in [3.8, 4) is 0 Å². The number of benzene rings is 1. The number of carbonyl (C=O) groups is 2. The molecule has 0 bridgehead atoms. The van der Waals surface area contributed by atoms with Crippen molar-refractivity contribution < 1.29 is 9.59 Å². The van der Waals surface area contributed by atoms with Crippen molar-refractivity contribution in [3.05, 3.63) is 45.6 Å². The zero-order valence-electron chi connectivity index (χ0n) is 17.6. The van der Waals surface area contributed by atoms with E-state index in [4.69, 9.17) is 0 Å². The molecule has 0 aliphatic carbocycles. The number of amidine groups is 1. The molecule has 0 saturated heterocycles. The van der Waals surface area contributed by atoms with Crippen LogP contribution in [0.2, 0.25) is 0 Å². The van der Waals surface area contributed by atoms with E-state index in [1.165, 1.54) is 11.3 Å². The van der Waals surface area contributed by atoms with Gasteiger partial charge in [0, 0.05) is 25.1 Å². The van der Waals surface area contributed by atoms with Gasteiger partial charge >= 0.3 is 0 Å². The third kappa shape index (κ3) is 3.92. The Labute approximate surface area is 180 Å². The van der Waals surface area contributed by atoms with Gasteiger partial charge in [0.1, 0.15) is 10.7 Å². The van der Waals surface area contributed by atoms with Gasteiger partial charge in [0.15, 0.2) is 0 Å². The maximum Gasteiger partial charge on any atom is 0.269 e. The van der Waals surface area contributed by atoms with Crippen LogP contribution < -0.4 is 15.6 Å². The molecule has 2 N–H and O–H groups in total. The summed E-state index contributed by atoms with van der Waals surface area (Å²) in [6, 6.07) is 8.02. The Morgan fingerprint density at radius 2 is 2.03 bits per heavy atom. The fourth-order valence-electron chi connectivity index (χ4n) is 4.08. The Morgan fingerprint density at radius 3 is 2.77 bits per heavy atom. The lowest BCUT2D eigenvalue weighted by Gasteiger charge is -2.39. The molecule has 0 fully saturated rings. The van der Waals surface area contributed by atoms with Crippen LogP contribution in [0, 0.1) is 13.8 Å². The predicted octanol–water partition coefficient (Wildman–Crippen LogP) is 4.05. The predicted molar refractivity (Wildman–Crippen MR) is 121 cm³/mol. The minimum absolute atomic E-state index is 0.000704. The topological polar surface area (TPSA) is 77.0 Å². The SMILES string of the molecule is CCCN1C(=O)c2sccc2N2C(CCCC(=O)Nc3cc(C)cc(C)c3)=NNC12. The fraction of sp³-hybridized carbons (Fsp3) is 0.409. The molecule has 4 rings (SSSR count). The highest BCUT2D eigenvalue weighted by molar-refractivity contribution is 7.12. The van der Waals surface area contributed by atoms with Crippen molar-refractivity contribution >= 4 is 40.4 Å². The minimum Gasteiger partial charge on any atom is -0.326 e. The number of hydrogen-bond donors (Lipinski definition) is 2. The van der Waals surface area contributed by atoms with E-state index in [1.807, 2.05) is 42.3 Å². The van der Waals surface area contributed by atoms with Gasteiger partial charge in [-0.25, -0.2) is 0 Å². The maximum atomic E-state index is 12.8. The monoisotopic (exact) mass is 425 g/mol. The molecule has 158 valence electrons. The Bertz CT molecular complexity index is 979. The third-order valence-corrected chi connectivity index (χ3v) is 6.15. The summed E-state index contributed by atoms with van der Waals surface area (Å²) in [5.41, 5.74) is 7.12. The fourth-order valence-corrected chi connectivity index (χ4v) is 4.92. The van der Waals surface area contributed by atoms with E-state index < -0.39 is 0 Å². The van der Waals surface area contributed by atoms with Gasteiger partial charge in [0.05, 0.1) is 5.69 Å². The largest absolute Gasteiger partial charge is 0.326 e. The number of thiophene rings is 1. The number of nitrogens with one attached hydrogen (secondary N) is 2. The molecule has 0 spiro atoms. The van der Waals surface area contributed by atoms with Crippen molar-refractivity contribution in [3.63, 3.8) is 0 Å². The van der Waals surface area contributed by atoms with Crippen LogP contribution in [-0.4, -0.2) is 35.4 Å². The van der Waals surface area contributed by atoms with Crippen LogP contribution in [0.15, 0.2) is 34.7 Å². The highest BCUT2D eigenvalue weighted by Crippen LogP contribution is 2.36. The van der Waals surface area contributed by atoms with Crippen LogP contribution in [0.4, 0.5) is 11.4 Å². The van der Waals surface area contributed by atoms with Crippen molar-refractivity contribution in [2.75, 3.05) is 16.8 Å². The van der Waals surface area contributed by atoms with Crippen molar-refractivity contribution in [1.29, 1.82) is 0 Å². The quantitative estimate of drug-likeness (QED) is 0.702. The number of fused-ring (bicyclic) bond motifs is 3. The molecule has 1 unspecified atom stereocenters. The third-order valence-electron chi connectivity index (χ3n) is 5.26. The molecule has 2 aliphatic heterocycles. The van der Waals surface area contributed by atoms with E-state index in [-0.39, 0.29) is 18.1 Å². The molecular weight excluding hydrogens is 398 g/mol. The van der Waals surface area contributed by atoms with Gasteiger partial charge < -0.3 is 5.32 Å². The summed E-state index contributed by atoms with van der Waals surface area (Å²) in [5.74, 6) is 0.924. The van der Waals surface area contributed by atoms with E-state index >= 15 is 0 Å². The van der Waals surface area contributed by atoms with Crippen LogP contribution in [0.25, 0.3) is 0 Å². The second-order valence-corrected chi connectivity index (χ2v) is 8.73. The van der Waals surface area contributed by atoms with Crippen molar-refractivity contribution in [2.45, 2.75) is 52.7 Å². The number of hydrogen-bond acceptors (Lipinski definition) is 6. The van der Waals surface area contributed by atoms with Crippen molar-refractivity contribution in [2.24, 2.45) is 5.10 Å². The summed E-state index contributed by atoms with van der Waals surface area (Å²) in [5, 5.41) is 9.44. The van der Waals surface area contributed by atoms with Crippen LogP contribution >= 0.6 is 11.3 Å². The molecule has 1 aromatic carbocycles. The van der Waals surface area contributed by atoms with Gasteiger partial charge in [-0.3, -0.25) is 24.8 Å². The summed E-state index contributed by atoms with van der Waals surface area (Å²) >= 11 is 1.47. The number of aryl methyl sites for hydroxylation is 2. The average molecular weight is 426 g/mol. The average Bonchev–Trinajstić information content (AvgIpc) is 3.31. The molecule has 3 heterocycles. The second kappa shape index (κ2) is 8.47. The first-order chi connectivity index (χ1) is 14.5. The molecular formula is C22H27N5O2S. The maximum absolute atomic E-state index is 12.8. The Kier molecular flexibility index (Phi) is 5.76. The van der Waals surface area contributed by atoms with Crippen LogP contribution in [0.3, 0.4) is 0 Å². The van der Waals surface area contributed by atoms with Crippen molar-refractivity contribution in [1.82, 2.24) is 10.3 Å². The van der Waals surface area contributed by atoms with E-state index in [0.29, 0.717) is 25.8 Å². The molecule has 2 aromatic rings. The smallest absolute Gasteiger partial charge is 0.269 e. The summed E-state index contributed by atoms with van der Waals surface area (Å²) in [7, 11) is 0. The molecule has 0 saturated carbocycles. The Balaban J connectivity index is 1.38. The molecule has 2 aliphatic rings. The zero-order valence-corrected chi connectivity index (χ0v) is 18.4. The molecule has 8 heteroatoms.